The molecule has 0 aliphatic heterocycles. The number of rotatable bonds is 4. The largest absolute Gasteiger partial charge is 0.456 e. The number of ether oxygens (including phenoxy) is 1. The molecule has 2 heterocycles. The number of carbonyl (C=O) groups is 1. The van der Waals surface area contributed by atoms with Crippen molar-refractivity contribution in [2.45, 2.75) is 11.5 Å². The number of sulfonamides is 1. The van der Waals surface area contributed by atoms with Gasteiger partial charge in [0.05, 0.1) is 16.2 Å². The van der Waals surface area contributed by atoms with Crippen LogP contribution in [0, 0.1) is 0 Å². The number of nitrogens with zero attached hydrogens (tertiary/aromatic N) is 2. The Morgan fingerprint density at radius 3 is 2.56 bits per heavy atom. The van der Waals surface area contributed by atoms with Gasteiger partial charge in [0.15, 0.2) is 0 Å². The van der Waals surface area contributed by atoms with Crippen LogP contribution in [-0.2, 0) is 21.4 Å². The summed E-state index contributed by atoms with van der Waals surface area (Å²) in [5.74, 6) is -0.670. The minimum Gasteiger partial charge on any atom is -0.456 e. The molecule has 0 atom stereocenters. The molecule has 25 heavy (non-hydrogen) atoms. The van der Waals surface area contributed by atoms with Gasteiger partial charge in [-0.1, -0.05) is 6.07 Å². The standard InChI is InChI=1S/C16H13N3O5S/c17-25(22,23)13-6-4-11(5-7-13)16(21)24-10-12-9-15(20)19-8-2-1-3-14(19)18-12/h1-9H,10H2,(H2,17,22,23). The van der Waals surface area contributed by atoms with Crippen LogP contribution in [0.4, 0.5) is 0 Å². The average Bonchev–Trinajstić information content (AvgIpc) is 2.59. The lowest BCUT2D eigenvalue weighted by molar-refractivity contribution is 0.0467. The van der Waals surface area contributed by atoms with E-state index in [0.29, 0.717) is 11.3 Å². The third-order valence-corrected chi connectivity index (χ3v) is 4.32. The number of nitrogens with two attached hydrogens (primary N) is 1. The molecule has 3 rings (SSSR count). The molecule has 8 nitrogen and oxygen atoms in total. The molecule has 0 spiro atoms. The molecule has 0 aliphatic carbocycles. The molecule has 0 saturated heterocycles. The van der Waals surface area contributed by atoms with E-state index in [-0.39, 0.29) is 22.6 Å². The summed E-state index contributed by atoms with van der Waals surface area (Å²) < 4.78 is 28.9. The molecular weight excluding hydrogens is 346 g/mol. The number of carbonyl (C=O) groups excluding carboxylic acids is 1. The van der Waals surface area contributed by atoms with Gasteiger partial charge in [-0.05, 0) is 36.4 Å². The number of hydrogen-bond donors (Lipinski definition) is 1. The zero-order valence-corrected chi connectivity index (χ0v) is 13.6. The first-order valence-corrected chi connectivity index (χ1v) is 8.66. The summed E-state index contributed by atoms with van der Waals surface area (Å²) in [6.07, 6.45) is 1.59. The number of esters is 1. The molecule has 0 amide bonds. The van der Waals surface area contributed by atoms with Crippen LogP contribution in [0.15, 0.2) is 64.4 Å². The summed E-state index contributed by atoms with van der Waals surface area (Å²) in [4.78, 5) is 28.1. The maximum atomic E-state index is 12.0. The highest BCUT2D eigenvalue weighted by Gasteiger charge is 2.12. The molecule has 1 aromatic carbocycles. The van der Waals surface area contributed by atoms with Crippen molar-refractivity contribution in [3.05, 3.63) is 76.3 Å². The van der Waals surface area contributed by atoms with Crippen LogP contribution in [0.1, 0.15) is 16.1 Å². The fraction of sp³-hybridized carbons (Fsp3) is 0.0625. The Morgan fingerprint density at radius 2 is 1.88 bits per heavy atom. The molecule has 0 bridgehead atoms. The fourth-order valence-corrected chi connectivity index (χ4v) is 2.70. The lowest BCUT2D eigenvalue weighted by Crippen LogP contribution is -2.16. The van der Waals surface area contributed by atoms with E-state index in [2.05, 4.69) is 4.98 Å². The van der Waals surface area contributed by atoms with Crippen LogP contribution in [-0.4, -0.2) is 23.8 Å². The smallest absolute Gasteiger partial charge is 0.338 e. The highest BCUT2D eigenvalue weighted by molar-refractivity contribution is 7.89. The average molecular weight is 359 g/mol. The van der Waals surface area contributed by atoms with Crippen molar-refractivity contribution in [3.8, 4) is 0 Å². The molecule has 0 aliphatic rings. The van der Waals surface area contributed by atoms with E-state index >= 15 is 0 Å². The van der Waals surface area contributed by atoms with Gasteiger partial charge in [0.25, 0.3) is 5.56 Å². The van der Waals surface area contributed by atoms with Crippen LogP contribution in [0.3, 0.4) is 0 Å². The summed E-state index contributed by atoms with van der Waals surface area (Å²) >= 11 is 0. The van der Waals surface area contributed by atoms with Gasteiger partial charge in [-0.3, -0.25) is 9.20 Å². The highest BCUT2D eigenvalue weighted by Crippen LogP contribution is 2.10. The van der Waals surface area contributed by atoms with Gasteiger partial charge < -0.3 is 4.74 Å². The Balaban J connectivity index is 1.75. The fourth-order valence-electron chi connectivity index (χ4n) is 2.18. The molecular formula is C16H13N3O5S. The highest BCUT2D eigenvalue weighted by atomic mass is 32.2. The summed E-state index contributed by atoms with van der Waals surface area (Å²) in [5, 5.41) is 4.99. The van der Waals surface area contributed by atoms with Crippen molar-refractivity contribution in [2.24, 2.45) is 5.14 Å². The second kappa shape index (κ2) is 6.46. The summed E-state index contributed by atoms with van der Waals surface area (Å²) in [6.45, 7) is -0.184. The van der Waals surface area contributed by atoms with Crippen molar-refractivity contribution in [1.82, 2.24) is 9.38 Å². The van der Waals surface area contributed by atoms with Crippen molar-refractivity contribution >= 4 is 21.6 Å². The first-order valence-electron chi connectivity index (χ1n) is 7.12. The van der Waals surface area contributed by atoms with Gasteiger partial charge in [-0.2, -0.15) is 0 Å². The van der Waals surface area contributed by atoms with Crippen molar-refractivity contribution in [3.63, 3.8) is 0 Å². The van der Waals surface area contributed by atoms with Gasteiger partial charge in [-0.15, -0.1) is 0 Å². The summed E-state index contributed by atoms with van der Waals surface area (Å²) in [5.41, 5.74) is 0.628. The van der Waals surface area contributed by atoms with Gasteiger partial charge >= 0.3 is 5.97 Å². The zero-order valence-electron chi connectivity index (χ0n) is 12.8. The lowest BCUT2D eigenvalue weighted by atomic mass is 10.2. The Labute approximate surface area is 142 Å². The van der Waals surface area contributed by atoms with Crippen molar-refractivity contribution in [1.29, 1.82) is 0 Å². The Hall–Kier alpha value is -3.04. The number of hydrogen-bond acceptors (Lipinski definition) is 6. The van der Waals surface area contributed by atoms with Crippen molar-refractivity contribution in [2.75, 3.05) is 0 Å². The second-order valence-electron chi connectivity index (χ2n) is 5.16. The lowest BCUT2D eigenvalue weighted by Gasteiger charge is -2.06. The Morgan fingerprint density at radius 1 is 1.16 bits per heavy atom. The number of pyridine rings is 1. The van der Waals surface area contributed by atoms with Crippen LogP contribution in [0.2, 0.25) is 0 Å². The first-order chi connectivity index (χ1) is 11.8. The summed E-state index contributed by atoms with van der Waals surface area (Å²) in [7, 11) is -3.83. The zero-order chi connectivity index (χ0) is 18.0. The van der Waals surface area contributed by atoms with Crippen LogP contribution in [0.25, 0.3) is 5.65 Å². The van der Waals surface area contributed by atoms with Crippen LogP contribution < -0.4 is 10.7 Å². The molecule has 0 radical (unpaired) electrons. The summed E-state index contributed by atoms with van der Waals surface area (Å²) in [6, 6.07) is 11.4. The van der Waals surface area contributed by atoms with E-state index < -0.39 is 16.0 Å². The molecule has 9 heteroatoms. The Bertz CT molecular complexity index is 1100. The number of aromatic nitrogens is 2. The van der Waals surface area contributed by atoms with Crippen LogP contribution in [0.5, 0.6) is 0 Å². The normalized spacial score (nSPS) is 11.4. The van der Waals surface area contributed by atoms with Crippen molar-refractivity contribution < 1.29 is 17.9 Å². The quantitative estimate of drug-likeness (QED) is 0.685. The van der Waals surface area contributed by atoms with E-state index in [1.807, 2.05) is 0 Å². The third kappa shape index (κ3) is 3.73. The number of benzene rings is 1. The maximum absolute atomic E-state index is 12.0. The minimum atomic E-state index is -3.83. The number of fused-ring (bicyclic) bond motifs is 1. The van der Waals surface area contributed by atoms with E-state index in [9.17, 15) is 18.0 Å². The predicted molar refractivity (Wildman–Crippen MR) is 88.4 cm³/mol. The first kappa shape index (κ1) is 16.8. The monoisotopic (exact) mass is 359 g/mol. The topological polar surface area (TPSA) is 121 Å². The SMILES string of the molecule is NS(=O)(=O)c1ccc(C(=O)OCc2cc(=O)n3ccccc3n2)cc1. The molecule has 2 N–H and O–H groups in total. The minimum absolute atomic E-state index is 0.103. The molecule has 128 valence electrons. The van der Waals surface area contributed by atoms with Gasteiger partial charge in [0.2, 0.25) is 10.0 Å². The van der Waals surface area contributed by atoms with Gasteiger partial charge in [-0.25, -0.2) is 23.3 Å². The predicted octanol–water partition coefficient (Wildman–Crippen LogP) is 0.699. The Kier molecular flexibility index (Phi) is 4.34. The number of primary sulfonamides is 1. The molecule has 3 aromatic rings. The van der Waals surface area contributed by atoms with E-state index in [4.69, 9.17) is 9.88 Å². The van der Waals surface area contributed by atoms with E-state index in [1.54, 1.807) is 24.4 Å². The maximum Gasteiger partial charge on any atom is 0.338 e. The van der Waals surface area contributed by atoms with Gasteiger partial charge in [0, 0.05) is 12.3 Å². The third-order valence-electron chi connectivity index (χ3n) is 3.39. The molecule has 0 fully saturated rings. The van der Waals surface area contributed by atoms with Gasteiger partial charge in [0.1, 0.15) is 12.3 Å². The molecule has 0 unspecified atom stereocenters. The molecule has 0 saturated carbocycles. The van der Waals surface area contributed by atoms with E-state index in [1.165, 1.54) is 34.7 Å². The second-order valence-corrected chi connectivity index (χ2v) is 6.72. The van der Waals surface area contributed by atoms with Crippen LogP contribution >= 0.6 is 0 Å². The van der Waals surface area contributed by atoms with E-state index in [0.717, 1.165) is 0 Å². The molecule has 2 aromatic heterocycles.